The number of sulfonamides is 1. The molecule has 1 aromatic carbocycles. The number of esters is 2. The first kappa shape index (κ1) is 19.3. The van der Waals surface area contributed by atoms with Crippen LogP contribution in [0.3, 0.4) is 0 Å². The number of hydrogen-bond donors (Lipinski definition) is 2. The van der Waals surface area contributed by atoms with E-state index in [2.05, 4.69) is 14.4 Å². The molecule has 0 aliphatic heterocycles. The van der Waals surface area contributed by atoms with Gasteiger partial charge in [0.05, 0.1) is 12.7 Å². The van der Waals surface area contributed by atoms with Gasteiger partial charge in [-0.3, -0.25) is 4.98 Å². The molecule has 0 radical (unpaired) electrons. The highest BCUT2D eigenvalue weighted by molar-refractivity contribution is 7.89. The summed E-state index contributed by atoms with van der Waals surface area (Å²) in [5, 5.41) is 9.19. The van der Waals surface area contributed by atoms with Crippen molar-refractivity contribution in [1.82, 2.24) is 9.71 Å². The highest BCUT2D eigenvalue weighted by Crippen LogP contribution is 2.17. The molecule has 1 unspecified atom stereocenters. The first-order valence-corrected chi connectivity index (χ1v) is 8.77. The number of nitrogens with one attached hydrogen (secondary N) is 1. The predicted octanol–water partition coefficient (Wildman–Crippen LogP) is 0.846. The van der Waals surface area contributed by atoms with E-state index >= 15 is 0 Å². The Morgan fingerprint density at radius 2 is 1.85 bits per heavy atom. The second-order valence-electron chi connectivity index (χ2n) is 5.16. The Kier molecular flexibility index (Phi) is 5.90. The Hall–Kier alpha value is -2.98. The van der Waals surface area contributed by atoms with Gasteiger partial charge in [0, 0.05) is 12.4 Å². The maximum absolute atomic E-state index is 12.4. The lowest BCUT2D eigenvalue weighted by atomic mass is 10.3. The topological polar surface area (TPSA) is 132 Å². The van der Waals surface area contributed by atoms with Crippen LogP contribution in [0.2, 0.25) is 0 Å². The van der Waals surface area contributed by atoms with Gasteiger partial charge in [0.25, 0.3) is 0 Å². The summed E-state index contributed by atoms with van der Waals surface area (Å²) in [5.74, 6) is -1.45. The summed E-state index contributed by atoms with van der Waals surface area (Å²) in [7, 11) is -2.97. The van der Waals surface area contributed by atoms with E-state index in [1.165, 1.54) is 31.2 Å². The standard InChI is InChI=1S/C16H16N2O7S/c1-10(15(20)25-13-5-3-12(19)4-6-13)18-26(22,23)14-7-11(8-17-9-14)16(21)24-2/h3-10,18-19H,1-2H3. The number of nitrogens with zero attached hydrogens (tertiary/aromatic N) is 1. The molecule has 0 saturated heterocycles. The van der Waals surface area contributed by atoms with E-state index in [0.717, 1.165) is 25.6 Å². The summed E-state index contributed by atoms with van der Waals surface area (Å²) in [6, 6.07) is 5.23. The van der Waals surface area contributed by atoms with Gasteiger partial charge in [-0.2, -0.15) is 4.72 Å². The van der Waals surface area contributed by atoms with Crippen molar-refractivity contribution in [2.75, 3.05) is 7.11 Å². The molecule has 0 fully saturated rings. The van der Waals surface area contributed by atoms with E-state index in [4.69, 9.17) is 4.74 Å². The van der Waals surface area contributed by atoms with E-state index in [1.54, 1.807) is 0 Å². The Bertz CT molecular complexity index is 910. The van der Waals surface area contributed by atoms with Crippen LogP contribution in [0.15, 0.2) is 47.6 Å². The van der Waals surface area contributed by atoms with E-state index in [9.17, 15) is 23.1 Å². The van der Waals surface area contributed by atoms with Crippen molar-refractivity contribution in [1.29, 1.82) is 0 Å². The van der Waals surface area contributed by atoms with Crippen LogP contribution in [0.25, 0.3) is 0 Å². The van der Waals surface area contributed by atoms with Crippen LogP contribution < -0.4 is 9.46 Å². The number of aromatic hydroxyl groups is 1. The maximum Gasteiger partial charge on any atom is 0.339 e. The van der Waals surface area contributed by atoms with Crippen molar-refractivity contribution in [3.63, 3.8) is 0 Å². The van der Waals surface area contributed by atoms with Crippen LogP contribution in [0.4, 0.5) is 0 Å². The average Bonchev–Trinajstić information content (AvgIpc) is 2.62. The molecule has 0 amide bonds. The summed E-state index contributed by atoms with van der Waals surface area (Å²) >= 11 is 0. The molecule has 1 heterocycles. The number of rotatable bonds is 6. The van der Waals surface area contributed by atoms with Gasteiger partial charge in [-0.25, -0.2) is 18.0 Å². The van der Waals surface area contributed by atoms with E-state index in [-0.39, 0.29) is 22.0 Å². The molecule has 1 aromatic heterocycles. The smallest absolute Gasteiger partial charge is 0.339 e. The first-order valence-electron chi connectivity index (χ1n) is 7.29. The molecule has 2 N–H and O–H groups in total. The van der Waals surface area contributed by atoms with Crippen LogP contribution in [-0.2, 0) is 19.6 Å². The van der Waals surface area contributed by atoms with Crippen molar-refractivity contribution in [3.8, 4) is 11.5 Å². The Morgan fingerprint density at radius 3 is 2.46 bits per heavy atom. The van der Waals surface area contributed by atoms with Crippen LogP contribution in [0, 0.1) is 0 Å². The Morgan fingerprint density at radius 1 is 1.19 bits per heavy atom. The molecule has 0 bridgehead atoms. The largest absolute Gasteiger partial charge is 0.508 e. The molecule has 0 aliphatic carbocycles. The van der Waals surface area contributed by atoms with Gasteiger partial charge in [0.1, 0.15) is 22.4 Å². The minimum absolute atomic E-state index is 0.00321. The number of methoxy groups -OCH3 is 1. The molecule has 1 atom stereocenters. The lowest BCUT2D eigenvalue weighted by Crippen LogP contribution is -2.40. The lowest BCUT2D eigenvalue weighted by Gasteiger charge is -2.14. The van der Waals surface area contributed by atoms with Gasteiger partial charge in [0.2, 0.25) is 10.0 Å². The number of ether oxygens (including phenoxy) is 2. The second-order valence-corrected chi connectivity index (χ2v) is 6.87. The van der Waals surface area contributed by atoms with Crippen molar-refractivity contribution in [2.24, 2.45) is 0 Å². The van der Waals surface area contributed by atoms with E-state index in [1.807, 2.05) is 0 Å². The number of phenols is 1. The molecular formula is C16H16N2O7S. The molecule has 2 aromatic rings. The van der Waals surface area contributed by atoms with Gasteiger partial charge in [0.15, 0.2) is 0 Å². The fourth-order valence-corrected chi connectivity index (χ4v) is 3.04. The molecule has 0 spiro atoms. The minimum atomic E-state index is -4.13. The van der Waals surface area contributed by atoms with Gasteiger partial charge in [-0.1, -0.05) is 0 Å². The van der Waals surface area contributed by atoms with Crippen molar-refractivity contribution >= 4 is 22.0 Å². The minimum Gasteiger partial charge on any atom is -0.508 e. The molecule has 0 aliphatic rings. The quantitative estimate of drug-likeness (QED) is 0.557. The van der Waals surface area contributed by atoms with Gasteiger partial charge >= 0.3 is 11.9 Å². The highest BCUT2D eigenvalue weighted by atomic mass is 32.2. The summed E-state index contributed by atoms with van der Waals surface area (Å²) < 4.78 is 36.4. The molecule has 9 nitrogen and oxygen atoms in total. The first-order chi connectivity index (χ1) is 12.2. The van der Waals surface area contributed by atoms with Crippen LogP contribution in [0.1, 0.15) is 17.3 Å². The number of carbonyl (C=O) groups is 2. The Balaban J connectivity index is 2.11. The summed E-state index contributed by atoms with van der Waals surface area (Å²) in [5.41, 5.74) is -0.0466. The SMILES string of the molecule is COC(=O)c1cncc(S(=O)(=O)NC(C)C(=O)Oc2ccc(O)cc2)c1. The summed E-state index contributed by atoms with van der Waals surface area (Å²) in [6.45, 7) is 1.30. The zero-order valence-electron chi connectivity index (χ0n) is 13.9. The third-order valence-electron chi connectivity index (χ3n) is 3.19. The van der Waals surface area contributed by atoms with Crippen LogP contribution in [0.5, 0.6) is 11.5 Å². The molecule has 0 saturated carbocycles. The van der Waals surface area contributed by atoms with Gasteiger partial charge < -0.3 is 14.6 Å². The van der Waals surface area contributed by atoms with Gasteiger partial charge in [-0.05, 0) is 37.3 Å². The number of aromatic nitrogens is 1. The molecule has 138 valence electrons. The molecule has 10 heteroatoms. The molecular weight excluding hydrogens is 364 g/mol. The molecule has 2 rings (SSSR count). The number of hydrogen-bond acceptors (Lipinski definition) is 8. The van der Waals surface area contributed by atoms with Crippen molar-refractivity contribution < 1.29 is 32.6 Å². The number of phenolic OH excluding ortho intramolecular Hbond substituents is 1. The fourth-order valence-electron chi connectivity index (χ4n) is 1.86. The predicted molar refractivity (Wildman–Crippen MR) is 89.1 cm³/mol. The summed E-state index contributed by atoms with van der Waals surface area (Å²) in [6.07, 6.45) is 2.19. The summed E-state index contributed by atoms with van der Waals surface area (Å²) in [4.78, 5) is 26.9. The number of benzene rings is 1. The highest BCUT2D eigenvalue weighted by Gasteiger charge is 2.24. The fraction of sp³-hybridized carbons (Fsp3) is 0.188. The van der Waals surface area contributed by atoms with Crippen molar-refractivity contribution in [2.45, 2.75) is 17.9 Å². The van der Waals surface area contributed by atoms with E-state index in [0.29, 0.717) is 0 Å². The van der Waals surface area contributed by atoms with Crippen molar-refractivity contribution in [3.05, 3.63) is 48.3 Å². The zero-order chi connectivity index (χ0) is 19.3. The van der Waals surface area contributed by atoms with Crippen LogP contribution in [-0.4, -0.2) is 43.6 Å². The lowest BCUT2D eigenvalue weighted by molar-refractivity contribution is -0.135. The third kappa shape index (κ3) is 4.77. The molecule has 26 heavy (non-hydrogen) atoms. The second kappa shape index (κ2) is 7.93. The van der Waals surface area contributed by atoms with Crippen LogP contribution >= 0.6 is 0 Å². The monoisotopic (exact) mass is 380 g/mol. The third-order valence-corrected chi connectivity index (χ3v) is 4.69. The van der Waals surface area contributed by atoms with E-state index < -0.39 is 28.0 Å². The number of pyridine rings is 1. The number of carbonyl (C=O) groups excluding carboxylic acids is 2. The maximum atomic E-state index is 12.4. The van der Waals surface area contributed by atoms with Gasteiger partial charge in [-0.15, -0.1) is 0 Å². The normalized spacial score (nSPS) is 12.2. The zero-order valence-corrected chi connectivity index (χ0v) is 14.7. The average molecular weight is 380 g/mol. The Labute approximate surface area is 149 Å².